The molecule has 1 unspecified atom stereocenters. The molecular weight excluding hydrogens is 174 g/mol. The molecule has 0 radical (unpaired) electrons. The Hall–Kier alpha value is -1.02. The Morgan fingerprint density at radius 1 is 1.29 bits per heavy atom. The number of hydrogen-bond donors (Lipinski definition) is 1. The summed E-state index contributed by atoms with van der Waals surface area (Å²) in [6.07, 6.45) is 0. The topological polar surface area (TPSA) is 35.2 Å². The van der Waals surface area contributed by atoms with E-state index in [-0.39, 0.29) is 0 Å². The van der Waals surface area contributed by atoms with Crippen molar-refractivity contribution in [3.63, 3.8) is 0 Å². The van der Waals surface area contributed by atoms with E-state index in [0.717, 1.165) is 5.75 Å². The largest absolute Gasteiger partial charge is 0.496 e. The quantitative estimate of drug-likeness (QED) is 0.800. The number of aryl methyl sites for hydroxylation is 2. The van der Waals surface area contributed by atoms with E-state index in [1.54, 1.807) is 7.11 Å². The van der Waals surface area contributed by atoms with Gasteiger partial charge < -0.3 is 10.5 Å². The van der Waals surface area contributed by atoms with Crippen LogP contribution >= 0.6 is 0 Å². The average molecular weight is 193 g/mol. The van der Waals surface area contributed by atoms with Crippen LogP contribution in [0.4, 0.5) is 0 Å². The van der Waals surface area contributed by atoms with Crippen LogP contribution in [-0.2, 0) is 0 Å². The molecule has 2 N–H and O–H groups in total. The van der Waals surface area contributed by atoms with Crippen molar-refractivity contribution >= 4 is 0 Å². The Bertz CT molecular complexity index is 320. The molecule has 2 heteroatoms. The Labute approximate surface area is 86.1 Å². The van der Waals surface area contributed by atoms with E-state index in [1.165, 1.54) is 16.7 Å². The van der Waals surface area contributed by atoms with Gasteiger partial charge >= 0.3 is 0 Å². The molecule has 2 nitrogen and oxygen atoms in total. The van der Waals surface area contributed by atoms with Crippen molar-refractivity contribution in [3.05, 3.63) is 28.8 Å². The van der Waals surface area contributed by atoms with Gasteiger partial charge in [-0.2, -0.15) is 0 Å². The van der Waals surface area contributed by atoms with Crippen molar-refractivity contribution in [1.29, 1.82) is 0 Å². The van der Waals surface area contributed by atoms with Crippen LogP contribution < -0.4 is 10.5 Å². The van der Waals surface area contributed by atoms with Crippen LogP contribution in [0.15, 0.2) is 12.1 Å². The summed E-state index contributed by atoms with van der Waals surface area (Å²) in [5, 5.41) is 0. The third kappa shape index (κ3) is 2.07. The van der Waals surface area contributed by atoms with Gasteiger partial charge in [-0.1, -0.05) is 13.0 Å². The molecule has 0 aliphatic rings. The lowest BCUT2D eigenvalue weighted by Crippen LogP contribution is -2.10. The number of rotatable bonds is 3. The molecule has 0 aliphatic heterocycles. The summed E-state index contributed by atoms with van der Waals surface area (Å²) >= 11 is 0. The fourth-order valence-corrected chi connectivity index (χ4v) is 1.50. The van der Waals surface area contributed by atoms with Crippen molar-refractivity contribution in [3.8, 4) is 5.75 Å². The van der Waals surface area contributed by atoms with Gasteiger partial charge in [-0.15, -0.1) is 0 Å². The van der Waals surface area contributed by atoms with Crippen LogP contribution in [0, 0.1) is 13.8 Å². The fourth-order valence-electron chi connectivity index (χ4n) is 1.50. The van der Waals surface area contributed by atoms with Crippen LogP contribution in [0.3, 0.4) is 0 Å². The molecule has 0 spiro atoms. The molecule has 0 saturated heterocycles. The maximum atomic E-state index is 5.66. The highest BCUT2D eigenvalue weighted by atomic mass is 16.5. The minimum absolute atomic E-state index is 0.351. The summed E-state index contributed by atoms with van der Waals surface area (Å²) in [5.41, 5.74) is 9.42. The first-order chi connectivity index (χ1) is 6.60. The number of benzene rings is 1. The van der Waals surface area contributed by atoms with Gasteiger partial charge in [0, 0.05) is 0 Å². The van der Waals surface area contributed by atoms with Crippen LogP contribution in [-0.4, -0.2) is 13.7 Å². The molecular formula is C12H19NO. The first-order valence-electron chi connectivity index (χ1n) is 4.95. The minimum atomic E-state index is 0.351. The zero-order valence-corrected chi connectivity index (χ0v) is 9.42. The SMILES string of the molecule is COc1cc(C)c(C)cc1C(C)CN. The van der Waals surface area contributed by atoms with Crippen molar-refractivity contribution < 1.29 is 4.74 Å². The van der Waals surface area contributed by atoms with Crippen LogP contribution in [0.2, 0.25) is 0 Å². The second-order valence-corrected chi connectivity index (χ2v) is 3.82. The number of hydrogen-bond acceptors (Lipinski definition) is 2. The minimum Gasteiger partial charge on any atom is -0.496 e. The molecule has 1 aromatic carbocycles. The average Bonchev–Trinajstić information content (AvgIpc) is 2.20. The molecule has 1 aromatic rings. The van der Waals surface area contributed by atoms with E-state index in [9.17, 15) is 0 Å². The van der Waals surface area contributed by atoms with Gasteiger partial charge in [-0.05, 0) is 49.1 Å². The van der Waals surface area contributed by atoms with Crippen molar-refractivity contribution in [1.82, 2.24) is 0 Å². The second kappa shape index (κ2) is 4.47. The summed E-state index contributed by atoms with van der Waals surface area (Å²) in [6, 6.07) is 4.25. The van der Waals surface area contributed by atoms with Gasteiger partial charge in [0.05, 0.1) is 7.11 Å². The molecule has 0 fully saturated rings. The van der Waals surface area contributed by atoms with Crippen LogP contribution in [0.1, 0.15) is 29.5 Å². The first-order valence-corrected chi connectivity index (χ1v) is 4.95. The normalized spacial score (nSPS) is 12.6. The zero-order valence-electron chi connectivity index (χ0n) is 9.42. The van der Waals surface area contributed by atoms with Gasteiger partial charge in [-0.25, -0.2) is 0 Å². The highest BCUT2D eigenvalue weighted by Crippen LogP contribution is 2.28. The molecule has 0 saturated carbocycles. The van der Waals surface area contributed by atoms with E-state index in [0.29, 0.717) is 12.5 Å². The maximum absolute atomic E-state index is 5.66. The fraction of sp³-hybridized carbons (Fsp3) is 0.500. The van der Waals surface area contributed by atoms with E-state index in [4.69, 9.17) is 10.5 Å². The number of ether oxygens (including phenoxy) is 1. The van der Waals surface area contributed by atoms with E-state index in [2.05, 4.69) is 32.9 Å². The van der Waals surface area contributed by atoms with Gasteiger partial charge in [0.1, 0.15) is 5.75 Å². The molecule has 14 heavy (non-hydrogen) atoms. The Balaban J connectivity index is 3.19. The third-order valence-electron chi connectivity index (χ3n) is 2.73. The van der Waals surface area contributed by atoms with Crippen LogP contribution in [0.25, 0.3) is 0 Å². The Morgan fingerprint density at radius 3 is 2.36 bits per heavy atom. The monoisotopic (exact) mass is 193 g/mol. The molecule has 78 valence electrons. The predicted molar refractivity (Wildman–Crippen MR) is 59.9 cm³/mol. The molecule has 0 bridgehead atoms. The lowest BCUT2D eigenvalue weighted by molar-refractivity contribution is 0.406. The smallest absolute Gasteiger partial charge is 0.122 e. The Kier molecular flexibility index (Phi) is 3.53. The summed E-state index contributed by atoms with van der Waals surface area (Å²) in [5.74, 6) is 1.30. The van der Waals surface area contributed by atoms with Crippen molar-refractivity contribution in [2.45, 2.75) is 26.7 Å². The summed E-state index contributed by atoms with van der Waals surface area (Å²) < 4.78 is 5.35. The predicted octanol–water partition coefficient (Wildman–Crippen LogP) is 2.37. The highest BCUT2D eigenvalue weighted by Gasteiger charge is 2.11. The van der Waals surface area contributed by atoms with Gasteiger partial charge in [0.2, 0.25) is 0 Å². The molecule has 0 aromatic heterocycles. The van der Waals surface area contributed by atoms with E-state index in [1.807, 2.05) is 0 Å². The molecule has 1 rings (SSSR count). The van der Waals surface area contributed by atoms with Crippen molar-refractivity contribution in [2.75, 3.05) is 13.7 Å². The zero-order chi connectivity index (χ0) is 10.7. The number of methoxy groups -OCH3 is 1. The maximum Gasteiger partial charge on any atom is 0.122 e. The second-order valence-electron chi connectivity index (χ2n) is 3.82. The van der Waals surface area contributed by atoms with E-state index >= 15 is 0 Å². The highest BCUT2D eigenvalue weighted by molar-refractivity contribution is 5.43. The standard InChI is InChI=1S/C12H19NO/c1-8-5-11(10(3)7-13)12(14-4)6-9(8)2/h5-6,10H,7,13H2,1-4H3. The van der Waals surface area contributed by atoms with Crippen LogP contribution in [0.5, 0.6) is 5.75 Å². The summed E-state index contributed by atoms with van der Waals surface area (Å²) in [6.45, 7) is 6.97. The van der Waals surface area contributed by atoms with Gasteiger partial charge in [0.15, 0.2) is 0 Å². The molecule has 0 aliphatic carbocycles. The lowest BCUT2D eigenvalue weighted by atomic mass is 9.96. The third-order valence-corrected chi connectivity index (χ3v) is 2.73. The lowest BCUT2D eigenvalue weighted by Gasteiger charge is -2.16. The van der Waals surface area contributed by atoms with E-state index < -0.39 is 0 Å². The molecule has 0 heterocycles. The van der Waals surface area contributed by atoms with Crippen molar-refractivity contribution in [2.24, 2.45) is 5.73 Å². The van der Waals surface area contributed by atoms with Gasteiger partial charge in [-0.3, -0.25) is 0 Å². The molecule has 1 atom stereocenters. The van der Waals surface area contributed by atoms with Gasteiger partial charge in [0.25, 0.3) is 0 Å². The Morgan fingerprint density at radius 2 is 1.86 bits per heavy atom. The molecule has 0 amide bonds. The summed E-state index contributed by atoms with van der Waals surface area (Å²) in [7, 11) is 1.71. The first kappa shape index (κ1) is 11.1. The number of nitrogens with two attached hydrogens (primary N) is 1. The summed E-state index contributed by atoms with van der Waals surface area (Å²) in [4.78, 5) is 0.